The Morgan fingerprint density at radius 2 is 2.15 bits per heavy atom. The van der Waals surface area contributed by atoms with Gasteiger partial charge in [0.2, 0.25) is 0 Å². The second-order valence-corrected chi connectivity index (χ2v) is 3.21. The number of hydrogen-bond acceptors (Lipinski definition) is 4. The molecular formula is C7H13N3O3. The lowest BCUT2D eigenvalue weighted by Gasteiger charge is -2.45. The third kappa shape index (κ3) is 1.78. The van der Waals surface area contributed by atoms with Crippen LogP contribution in [-0.4, -0.2) is 40.5 Å². The van der Waals surface area contributed by atoms with Gasteiger partial charge in [-0.15, -0.1) is 0 Å². The fourth-order valence-electron chi connectivity index (χ4n) is 1.24. The van der Waals surface area contributed by atoms with Gasteiger partial charge >= 0.3 is 11.8 Å². The number of nitrogens with one attached hydrogen (secondary N) is 1. The molecule has 1 saturated heterocycles. The number of amides is 2. The summed E-state index contributed by atoms with van der Waals surface area (Å²) in [5.74, 6) is 3.24. The molecule has 1 fully saturated rings. The Balaban J connectivity index is 2.44. The van der Waals surface area contributed by atoms with Crippen LogP contribution in [0.2, 0.25) is 0 Å². The summed E-state index contributed by atoms with van der Waals surface area (Å²) in [4.78, 5) is 23.1. The van der Waals surface area contributed by atoms with Crippen molar-refractivity contribution in [2.45, 2.75) is 18.9 Å². The van der Waals surface area contributed by atoms with Crippen molar-refractivity contribution < 1.29 is 14.7 Å². The van der Waals surface area contributed by atoms with Crippen LogP contribution in [0.5, 0.6) is 0 Å². The van der Waals surface area contributed by atoms with E-state index in [-0.39, 0.29) is 13.1 Å². The van der Waals surface area contributed by atoms with Gasteiger partial charge in [0.05, 0.1) is 18.7 Å². The molecule has 0 aliphatic carbocycles. The molecule has 0 radical (unpaired) electrons. The molecule has 0 bridgehead atoms. The summed E-state index contributed by atoms with van der Waals surface area (Å²) in [6.45, 7) is 2.23. The molecule has 6 nitrogen and oxygen atoms in total. The third-order valence-corrected chi connectivity index (χ3v) is 2.24. The molecule has 1 rings (SSSR count). The molecule has 0 aromatic rings. The highest BCUT2D eigenvalue weighted by Gasteiger charge is 2.43. The summed E-state index contributed by atoms with van der Waals surface area (Å²) < 4.78 is 0. The van der Waals surface area contributed by atoms with Gasteiger partial charge in [-0.3, -0.25) is 15.0 Å². The van der Waals surface area contributed by atoms with Crippen LogP contribution in [-0.2, 0) is 9.59 Å². The zero-order valence-corrected chi connectivity index (χ0v) is 7.41. The first-order valence-electron chi connectivity index (χ1n) is 4.04. The first kappa shape index (κ1) is 9.94. The standard InChI is InChI=1S/C7H13N3O3/c1-2-7(13)3-10(4-7)6(12)5(11)9-8/h13H,2-4,8H2,1H3,(H,9,11). The molecule has 0 aromatic heterocycles. The Hall–Kier alpha value is -1.14. The van der Waals surface area contributed by atoms with Crippen molar-refractivity contribution in [3.63, 3.8) is 0 Å². The predicted molar refractivity (Wildman–Crippen MR) is 44.2 cm³/mol. The van der Waals surface area contributed by atoms with Gasteiger partial charge in [0, 0.05) is 0 Å². The van der Waals surface area contributed by atoms with Crippen molar-refractivity contribution in [2.75, 3.05) is 13.1 Å². The van der Waals surface area contributed by atoms with Crippen molar-refractivity contribution in [2.24, 2.45) is 5.84 Å². The quantitative estimate of drug-likeness (QED) is 0.191. The third-order valence-electron chi connectivity index (χ3n) is 2.24. The van der Waals surface area contributed by atoms with Gasteiger partial charge in [0.15, 0.2) is 0 Å². The molecule has 4 N–H and O–H groups in total. The predicted octanol–water partition coefficient (Wildman–Crippen LogP) is -2.04. The molecule has 0 spiro atoms. The number of hydrogen-bond donors (Lipinski definition) is 3. The molecule has 2 amide bonds. The number of carbonyl (C=O) groups is 2. The van der Waals surface area contributed by atoms with Gasteiger partial charge in [0.25, 0.3) is 0 Å². The van der Waals surface area contributed by atoms with Crippen LogP contribution in [0.3, 0.4) is 0 Å². The van der Waals surface area contributed by atoms with Crippen molar-refractivity contribution in [3.05, 3.63) is 0 Å². The SMILES string of the molecule is CCC1(O)CN(C(=O)C(=O)NN)C1. The number of nitrogens with two attached hydrogens (primary N) is 1. The van der Waals surface area contributed by atoms with Gasteiger partial charge in [-0.2, -0.15) is 0 Å². The summed E-state index contributed by atoms with van der Waals surface area (Å²) in [6, 6.07) is 0. The smallest absolute Gasteiger partial charge is 0.323 e. The number of rotatable bonds is 1. The summed E-state index contributed by atoms with van der Waals surface area (Å²) in [6.07, 6.45) is 0.570. The van der Waals surface area contributed by atoms with E-state index in [1.54, 1.807) is 5.43 Å². The number of carbonyl (C=O) groups excluding carboxylic acids is 2. The average Bonchev–Trinajstić information content (AvgIpc) is 2.10. The lowest BCUT2D eigenvalue weighted by Crippen LogP contribution is -2.65. The zero-order chi connectivity index (χ0) is 10.1. The van der Waals surface area contributed by atoms with E-state index >= 15 is 0 Å². The Morgan fingerprint density at radius 3 is 2.54 bits per heavy atom. The fourth-order valence-corrected chi connectivity index (χ4v) is 1.24. The van der Waals surface area contributed by atoms with E-state index < -0.39 is 17.4 Å². The minimum atomic E-state index is -0.849. The molecule has 0 saturated carbocycles. The maximum Gasteiger partial charge on any atom is 0.323 e. The maximum absolute atomic E-state index is 11.1. The van der Waals surface area contributed by atoms with Gasteiger partial charge in [-0.05, 0) is 6.42 Å². The average molecular weight is 187 g/mol. The lowest BCUT2D eigenvalue weighted by atomic mass is 9.91. The van der Waals surface area contributed by atoms with Crippen LogP contribution < -0.4 is 11.3 Å². The second kappa shape index (κ2) is 3.31. The van der Waals surface area contributed by atoms with Crippen LogP contribution in [0.15, 0.2) is 0 Å². The van der Waals surface area contributed by atoms with Gasteiger partial charge < -0.3 is 10.0 Å². The number of likely N-dealkylation sites (tertiary alicyclic amines) is 1. The maximum atomic E-state index is 11.1. The van der Waals surface area contributed by atoms with Gasteiger partial charge in [-0.25, -0.2) is 5.84 Å². The molecule has 0 aromatic carbocycles. The Bertz CT molecular complexity index is 235. The van der Waals surface area contributed by atoms with Crippen molar-refractivity contribution in [1.82, 2.24) is 10.3 Å². The van der Waals surface area contributed by atoms with Gasteiger partial charge in [0.1, 0.15) is 0 Å². The molecule has 6 heteroatoms. The van der Waals surface area contributed by atoms with Crippen molar-refractivity contribution in [3.8, 4) is 0 Å². The first-order valence-corrected chi connectivity index (χ1v) is 4.04. The highest BCUT2D eigenvalue weighted by atomic mass is 16.3. The van der Waals surface area contributed by atoms with Crippen LogP contribution in [0.4, 0.5) is 0 Å². The van der Waals surface area contributed by atoms with Crippen molar-refractivity contribution in [1.29, 1.82) is 0 Å². The summed E-state index contributed by atoms with van der Waals surface area (Å²) >= 11 is 0. The number of aliphatic hydroxyl groups is 1. The lowest BCUT2D eigenvalue weighted by molar-refractivity contribution is -0.162. The molecule has 74 valence electrons. The largest absolute Gasteiger partial charge is 0.386 e. The highest BCUT2D eigenvalue weighted by Crippen LogP contribution is 2.23. The monoisotopic (exact) mass is 187 g/mol. The molecule has 1 heterocycles. The van der Waals surface area contributed by atoms with E-state index in [4.69, 9.17) is 5.84 Å². The van der Waals surface area contributed by atoms with Crippen LogP contribution >= 0.6 is 0 Å². The summed E-state index contributed by atoms with van der Waals surface area (Å²) in [5, 5.41) is 9.54. The molecule has 1 aliphatic heterocycles. The normalized spacial score (nSPS) is 19.2. The van der Waals surface area contributed by atoms with E-state index in [9.17, 15) is 14.7 Å². The Labute approximate surface area is 75.7 Å². The topological polar surface area (TPSA) is 95.7 Å². The summed E-state index contributed by atoms with van der Waals surface area (Å²) in [5.41, 5.74) is 0.932. The van der Waals surface area contributed by atoms with Gasteiger partial charge in [-0.1, -0.05) is 6.92 Å². The molecular weight excluding hydrogens is 174 g/mol. The molecule has 1 aliphatic rings. The first-order chi connectivity index (χ1) is 6.02. The zero-order valence-electron chi connectivity index (χ0n) is 7.41. The Morgan fingerprint density at radius 1 is 1.62 bits per heavy atom. The van der Waals surface area contributed by atoms with E-state index in [0.29, 0.717) is 6.42 Å². The van der Waals surface area contributed by atoms with Crippen molar-refractivity contribution >= 4 is 11.8 Å². The van der Waals surface area contributed by atoms with E-state index in [1.807, 2.05) is 6.92 Å². The van der Waals surface area contributed by atoms with Crippen LogP contribution in [0.25, 0.3) is 0 Å². The van der Waals surface area contributed by atoms with Crippen LogP contribution in [0.1, 0.15) is 13.3 Å². The number of hydrazine groups is 1. The molecule has 0 unspecified atom stereocenters. The summed E-state index contributed by atoms with van der Waals surface area (Å²) in [7, 11) is 0. The number of nitrogens with zero attached hydrogens (tertiary/aromatic N) is 1. The minimum Gasteiger partial charge on any atom is -0.386 e. The molecule has 0 atom stereocenters. The second-order valence-electron chi connectivity index (χ2n) is 3.21. The van der Waals surface area contributed by atoms with E-state index in [1.165, 1.54) is 4.90 Å². The van der Waals surface area contributed by atoms with Crippen LogP contribution in [0, 0.1) is 0 Å². The Kier molecular flexibility index (Phi) is 2.53. The fraction of sp³-hybridized carbons (Fsp3) is 0.714. The highest BCUT2D eigenvalue weighted by molar-refractivity contribution is 6.35. The molecule has 13 heavy (non-hydrogen) atoms. The van der Waals surface area contributed by atoms with E-state index in [0.717, 1.165) is 0 Å². The van der Waals surface area contributed by atoms with E-state index in [2.05, 4.69) is 0 Å². The minimum absolute atomic E-state index is 0.204. The number of β-amino-alcohol motifs (C(OH)–C–C–N with tert-alkyl or cyclic N) is 1.